The van der Waals surface area contributed by atoms with Crippen LogP contribution in [0.2, 0.25) is 0 Å². The second-order valence-electron chi connectivity index (χ2n) is 9.29. The number of ether oxygens (including phenoxy) is 1. The smallest absolute Gasteiger partial charge is 0.411 e. The maximum absolute atomic E-state index is 12.6. The molecule has 1 aromatic heterocycles. The third kappa shape index (κ3) is 4.96. The topological polar surface area (TPSA) is 87.7 Å². The number of rotatable bonds is 5. The van der Waals surface area contributed by atoms with E-state index in [0.717, 1.165) is 29.9 Å². The van der Waals surface area contributed by atoms with E-state index in [-0.39, 0.29) is 18.4 Å². The molecule has 0 bridgehead atoms. The molecule has 2 heterocycles. The number of benzene rings is 2. The highest BCUT2D eigenvalue weighted by Crippen LogP contribution is 2.29. The average Bonchev–Trinajstić information content (AvgIpc) is 3.41. The van der Waals surface area contributed by atoms with Gasteiger partial charge in [0.25, 0.3) is 0 Å². The number of fused-ring (bicyclic) bond motifs is 1. The molecule has 0 radical (unpaired) electrons. The molecule has 0 spiro atoms. The van der Waals surface area contributed by atoms with Crippen molar-refractivity contribution in [1.29, 1.82) is 0 Å². The van der Waals surface area contributed by atoms with Gasteiger partial charge >= 0.3 is 6.09 Å². The molecule has 35 heavy (non-hydrogen) atoms. The zero-order valence-corrected chi connectivity index (χ0v) is 20.2. The summed E-state index contributed by atoms with van der Waals surface area (Å²) in [4.78, 5) is 37.9. The number of carbonyl (C=O) groups excluding carboxylic acids is 2. The summed E-state index contributed by atoms with van der Waals surface area (Å²) in [5.74, 6) is 0.657. The number of aryl methyl sites for hydroxylation is 2. The summed E-state index contributed by atoms with van der Waals surface area (Å²) in [5, 5.41) is 2.77. The van der Waals surface area contributed by atoms with Gasteiger partial charge in [0, 0.05) is 35.9 Å². The van der Waals surface area contributed by atoms with E-state index in [2.05, 4.69) is 27.4 Å². The lowest BCUT2D eigenvalue weighted by Gasteiger charge is -2.24. The Labute approximate surface area is 204 Å². The first-order valence-corrected chi connectivity index (χ1v) is 11.9. The van der Waals surface area contributed by atoms with Crippen molar-refractivity contribution in [2.45, 2.75) is 45.3 Å². The number of nitrogens with one attached hydrogen (secondary N) is 1. The lowest BCUT2D eigenvalue weighted by Crippen LogP contribution is -2.38. The number of amides is 2. The third-order valence-corrected chi connectivity index (χ3v) is 6.64. The van der Waals surface area contributed by atoms with Gasteiger partial charge in [0.05, 0.1) is 13.0 Å². The third-order valence-electron chi connectivity index (χ3n) is 6.64. The standard InChI is InChI=1S/C27H29N5O3/c1-17-12-18(2)29-26(28-17)31(3)22-10-8-21(9-11-22)30-27(34)35-24-15-25(33)32(16-24)23-13-19-6-4-5-7-20(19)14-23/h4-12,23-24H,13-16H2,1-3H3,(H,30,34). The highest BCUT2D eigenvalue weighted by molar-refractivity contribution is 5.86. The van der Waals surface area contributed by atoms with Crippen molar-refractivity contribution in [3.05, 3.63) is 77.1 Å². The molecule has 1 saturated heterocycles. The van der Waals surface area contributed by atoms with Crippen molar-refractivity contribution in [3.63, 3.8) is 0 Å². The van der Waals surface area contributed by atoms with Gasteiger partial charge < -0.3 is 14.5 Å². The molecule has 3 aromatic rings. The summed E-state index contributed by atoms with van der Waals surface area (Å²) in [7, 11) is 1.90. The predicted molar refractivity (Wildman–Crippen MR) is 134 cm³/mol. The van der Waals surface area contributed by atoms with Gasteiger partial charge in [-0.1, -0.05) is 24.3 Å². The van der Waals surface area contributed by atoms with Crippen LogP contribution in [0, 0.1) is 13.8 Å². The molecule has 1 aliphatic carbocycles. The molecule has 2 amide bonds. The second kappa shape index (κ2) is 9.37. The van der Waals surface area contributed by atoms with E-state index >= 15 is 0 Å². The van der Waals surface area contributed by atoms with Crippen molar-refractivity contribution in [2.24, 2.45) is 0 Å². The Morgan fingerprint density at radius 1 is 1.00 bits per heavy atom. The number of nitrogens with zero attached hydrogens (tertiary/aromatic N) is 4. The van der Waals surface area contributed by atoms with Crippen LogP contribution in [0.1, 0.15) is 28.9 Å². The summed E-state index contributed by atoms with van der Waals surface area (Å²) in [5.41, 5.74) is 5.91. The van der Waals surface area contributed by atoms with E-state index in [1.807, 2.05) is 61.0 Å². The number of likely N-dealkylation sites (tertiary alicyclic amines) is 1. The molecule has 8 nitrogen and oxygen atoms in total. The van der Waals surface area contributed by atoms with Crippen LogP contribution in [-0.4, -0.2) is 52.6 Å². The zero-order valence-electron chi connectivity index (χ0n) is 20.2. The molecule has 1 N–H and O–H groups in total. The SMILES string of the molecule is Cc1cc(C)nc(N(C)c2ccc(NC(=O)OC3CC(=O)N(C4Cc5ccccc5C4)C3)cc2)n1. The van der Waals surface area contributed by atoms with Crippen LogP contribution >= 0.6 is 0 Å². The van der Waals surface area contributed by atoms with Crippen molar-refractivity contribution in [3.8, 4) is 0 Å². The van der Waals surface area contributed by atoms with Gasteiger partial charge in [0.2, 0.25) is 11.9 Å². The molecule has 1 aliphatic heterocycles. The lowest BCUT2D eigenvalue weighted by atomic mass is 10.1. The molecule has 180 valence electrons. The minimum atomic E-state index is -0.557. The second-order valence-corrected chi connectivity index (χ2v) is 9.29. The van der Waals surface area contributed by atoms with Crippen molar-refractivity contribution < 1.29 is 14.3 Å². The largest absolute Gasteiger partial charge is 0.444 e. The van der Waals surface area contributed by atoms with Crippen LogP contribution in [0.3, 0.4) is 0 Å². The van der Waals surface area contributed by atoms with E-state index < -0.39 is 12.2 Å². The molecule has 8 heteroatoms. The summed E-state index contributed by atoms with van der Waals surface area (Å²) in [6.07, 6.45) is 0.931. The molecule has 1 unspecified atom stereocenters. The normalized spacial score (nSPS) is 17.4. The zero-order chi connectivity index (χ0) is 24.5. The number of hydrogen-bond acceptors (Lipinski definition) is 6. The lowest BCUT2D eigenvalue weighted by molar-refractivity contribution is -0.129. The van der Waals surface area contributed by atoms with Crippen LogP contribution in [0.25, 0.3) is 0 Å². The summed E-state index contributed by atoms with van der Waals surface area (Å²) in [6.45, 7) is 4.31. The molecular weight excluding hydrogens is 442 g/mol. The van der Waals surface area contributed by atoms with E-state index in [4.69, 9.17) is 4.74 Å². The summed E-state index contributed by atoms with van der Waals surface area (Å²) >= 11 is 0. The van der Waals surface area contributed by atoms with Gasteiger partial charge in [-0.3, -0.25) is 10.1 Å². The van der Waals surface area contributed by atoms with E-state index in [9.17, 15) is 9.59 Å². The fourth-order valence-corrected chi connectivity index (χ4v) is 4.93. The van der Waals surface area contributed by atoms with Crippen LogP contribution in [0.5, 0.6) is 0 Å². The Hall–Kier alpha value is -3.94. The molecule has 1 fully saturated rings. The molecule has 0 saturated carbocycles. The van der Waals surface area contributed by atoms with E-state index in [1.165, 1.54) is 11.1 Å². The van der Waals surface area contributed by atoms with Gasteiger partial charge in [-0.2, -0.15) is 0 Å². The highest BCUT2D eigenvalue weighted by Gasteiger charge is 2.38. The van der Waals surface area contributed by atoms with E-state index in [0.29, 0.717) is 18.2 Å². The first kappa shape index (κ1) is 22.8. The van der Waals surface area contributed by atoms with Crippen molar-refractivity contribution >= 4 is 29.3 Å². The fourth-order valence-electron chi connectivity index (χ4n) is 4.93. The Morgan fingerprint density at radius 2 is 1.63 bits per heavy atom. The van der Waals surface area contributed by atoms with Gasteiger partial charge in [-0.25, -0.2) is 14.8 Å². The molecule has 2 aliphatic rings. The van der Waals surface area contributed by atoms with Gasteiger partial charge in [-0.05, 0) is 68.1 Å². The summed E-state index contributed by atoms with van der Waals surface area (Å²) < 4.78 is 5.58. The number of carbonyl (C=O) groups is 2. The fraction of sp³-hybridized carbons (Fsp3) is 0.333. The predicted octanol–water partition coefficient (Wildman–Crippen LogP) is 4.18. The maximum Gasteiger partial charge on any atom is 0.411 e. The maximum atomic E-state index is 12.6. The monoisotopic (exact) mass is 471 g/mol. The Morgan fingerprint density at radius 3 is 2.26 bits per heavy atom. The molecular formula is C27H29N5O3. The highest BCUT2D eigenvalue weighted by atomic mass is 16.6. The molecule has 5 rings (SSSR count). The van der Waals surface area contributed by atoms with E-state index in [1.54, 1.807) is 12.1 Å². The van der Waals surface area contributed by atoms with Crippen molar-refractivity contribution in [2.75, 3.05) is 23.8 Å². The molecule has 2 aromatic carbocycles. The van der Waals surface area contributed by atoms with Gasteiger partial charge in [-0.15, -0.1) is 0 Å². The Balaban J connectivity index is 1.15. The Kier molecular flexibility index (Phi) is 6.11. The number of hydrogen-bond donors (Lipinski definition) is 1. The van der Waals surface area contributed by atoms with Crippen LogP contribution < -0.4 is 10.2 Å². The van der Waals surface area contributed by atoms with Gasteiger partial charge in [0.15, 0.2) is 0 Å². The Bertz CT molecular complexity index is 1210. The van der Waals surface area contributed by atoms with Crippen LogP contribution in [0.4, 0.5) is 22.1 Å². The van der Waals surface area contributed by atoms with Crippen LogP contribution in [0.15, 0.2) is 54.6 Å². The quantitative estimate of drug-likeness (QED) is 0.601. The first-order chi connectivity index (χ1) is 16.9. The number of aromatic nitrogens is 2. The first-order valence-electron chi connectivity index (χ1n) is 11.9. The van der Waals surface area contributed by atoms with Crippen LogP contribution in [-0.2, 0) is 22.4 Å². The van der Waals surface area contributed by atoms with Gasteiger partial charge in [0.1, 0.15) is 6.10 Å². The van der Waals surface area contributed by atoms with Crippen molar-refractivity contribution in [1.82, 2.24) is 14.9 Å². The molecule has 1 atom stereocenters. The summed E-state index contributed by atoms with van der Waals surface area (Å²) in [6, 6.07) is 17.8. The minimum Gasteiger partial charge on any atom is -0.444 e. The average molecular weight is 472 g/mol. The minimum absolute atomic E-state index is 0.0431. The number of anilines is 3.